The van der Waals surface area contributed by atoms with Gasteiger partial charge in [-0.2, -0.15) is 0 Å². The first-order valence-electron chi connectivity index (χ1n) is 8.25. The van der Waals surface area contributed by atoms with Crippen LogP contribution in [0.1, 0.15) is 18.5 Å². The van der Waals surface area contributed by atoms with Crippen LogP contribution in [0.5, 0.6) is 0 Å². The van der Waals surface area contributed by atoms with Crippen LogP contribution in [0.4, 0.5) is 5.82 Å². The molecule has 3 heterocycles. The first kappa shape index (κ1) is 15.4. The lowest BCUT2D eigenvalue weighted by Crippen LogP contribution is -2.47. The Bertz CT molecular complexity index is 838. The van der Waals surface area contributed by atoms with Crippen molar-refractivity contribution in [3.63, 3.8) is 0 Å². The first-order valence-corrected chi connectivity index (χ1v) is 8.63. The Hall–Kier alpha value is -2.11. The van der Waals surface area contributed by atoms with Crippen molar-refractivity contribution in [2.24, 2.45) is 0 Å². The zero-order valence-electron chi connectivity index (χ0n) is 13.6. The van der Waals surface area contributed by atoms with Crippen molar-refractivity contribution in [3.05, 3.63) is 53.4 Å². The topological polar surface area (TPSA) is 48.1 Å². The monoisotopic (exact) mass is 341 g/mol. The maximum absolute atomic E-state index is 6.36. The van der Waals surface area contributed by atoms with Gasteiger partial charge in [0.15, 0.2) is 0 Å². The van der Waals surface area contributed by atoms with Crippen LogP contribution in [0.15, 0.2) is 42.9 Å². The number of aromatic amines is 1. The molecule has 1 fully saturated rings. The summed E-state index contributed by atoms with van der Waals surface area (Å²) in [5.41, 5.74) is 2.09. The number of hydrogen-bond acceptors (Lipinski definition) is 4. The molecule has 1 unspecified atom stereocenters. The van der Waals surface area contributed by atoms with Gasteiger partial charge in [0.1, 0.15) is 17.8 Å². The summed E-state index contributed by atoms with van der Waals surface area (Å²) in [5.74, 6) is 1.02. The zero-order chi connectivity index (χ0) is 16.5. The minimum Gasteiger partial charge on any atom is -0.353 e. The van der Waals surface area contributed by atoms with Crippen LogP contribution in [0.2, 0.25) is 5.02 Å². The molecule has 1 aliphatic heterocycles. The van der Waals surface area contributed by atoms with E-state index < -0.39 is 0 Å². The zero-order valence-corrected chi connectivity index (χ0v) is 14.4. The second-order valence-electron chi connectivity index (χ2n) is 6.16. The molecule has 0 amide bonds. The summed E-state index contributed by atoms with van der Waals surface area (Å²) in [5, 5.41) is 1.93. The Morgan fingerprint density at radius 1 is 1.08 bits per heavy atom. The smallest absolute Gasteiger partial charge is 0.142 e. The number of rotatable bonds is 3. The first-order chi connectivity index (χ1) is 11.7. The highest BCUT2D eigenvalue weighted by Crippen LogP contribution is 2.29. The Morgan fingerprint density at radius 3 is 2.67 bits per heavy atom. The van der Waals surface area contributed by atoms with E-state index in [-0.39, 0.29) is 0 Å². The minimum absolute atomic E-state index is 0.318. The maximum Gasteiger partial charge on any atom is 0.142 e. The lowest BCUT2D eigenvalue weighted by molar-refractivity contribution is 0.198. The summed E-state index contributed by atoms with van der Waals surface area (Å²) in [6, 6.07) is 10.5. The van der Waals surface area contributed by atoms with E-state index in [1.54, 1.807) is 6.33 Å². The molecule has 0 spiro atoms. The molecule has 2 aromatic heterocycles. The lowest BCUT2D eigenvalue weighted by Gasteiger charge is -2.39. The summed E-state index contributed by atoms with van der Waals surface area (Å²) in [6.07, 6.45) is 3.55. The molecule has 4 rings (SSSR count). The Morgan fingerprint density at radius 2 is 1.88 bits per heavy atom. The van der Waals surface area contributed by atoms with E-state index in [1.807, 2.05) is 24.4 Å². The van der Waals surface area contributed by atoms with Crippen LogP contribution < -0.4 is 4.90 Å². The predicted molar refractivity (Wildman–Crippen MR) is 97.5 cm³/mol. The molecule has 1 N–H and O–H groups in total. The van der Waals surface area contributed by atoms with Gasteiger partial charge in [0.25, 0.3) is 0 Å². The molecule has 0 aliphatic carbocycles. The van der Waals surface area contributed by atoms with E-state index in [9.17, 15) is 0 Å². The minimum atomic E-state index is 0.318. The highest BCUT2D eigenvalue weighted by Gasteiger charge is 2.24. The highest BCUT2D eigenvalue weighted by molar-refractivity contribution is 6.31. The van der Waals surface area contributed by atoms with Crippen molar-refractivity contribution in [1.29, 1.82) is 0 Å². The number of halogens is 1. The third kappa shape index (κ3) is 2.74. The second-order valence-corrected chi connectivity index (χ2v) is 6.56. The van der Waals surface area contributed by atoms with Gasteiger partial charge in [-0.05, 0) is 24.6 Å². The number of H-pyrrole nitrogens is 1. The van der Waals surface area contributed by atoms with E-state index in [0.29, 0.717) is 6.04 Å². The average molecular weight is 342 g/mol. The third-order valence-electron chi connectivity index (χ3n) is 4.85. The molecule has 24 heavy (non-hydrogen) atoms. The quantitative estimate of drug-likeness (QED) is 0.792. The fourth-order valence-electron chi connectivity index (χ4n) is 3.44. The van der Waals surface area contributed by atoms with Crippen molar-refractivity contribution in [2.45, 2.75) is 13.0 Å². The van der Waals surface area contributed by atoms with E-state index in [4.69, 9.17) is 11.6 Å². The van der Waals surface area contributed by atoms with Crippen LogP contribution in [0.25, 0.3) is 11.0 Å². The standard InChI is InChI=1S/C18H20ClN5/c1-13(14-4-2-3-5-16(14)19)23-8-10-24(11-9-23)18-15-6-7-20-17(15)21-12-22-18/h2-7,12-13H,8-11H2,1H3,(H,20,21,22). The number of fused-ring (bicyclic) bond motifs is 1. The number of nitrogens with one attached hydrogen (secondary N) is 1. The van der Waals surface area contributed by atoms with Crippen molar-refractivity contribution in [2.75, 3.05) is 31.1 Å². The molecule has 5 nitrogen and oxygen atoms in total. The van der Waals surface area contributed by atoms with Crippen LogP contribution in [0.3, 0.4) is 0 Å². The van der Waals surface area contributed by atoms with Crippen LogP contribution in [0, 0.1) is 0 Å². The fraction of sp³-hybridized carbons (Fsp3) is 0.333. The molecule has 1 aromatic carbocycles. The molecule has 6 heteroatoms. The SMILES string of the molecule is CC(c1ccccc1Cl)N1CCN(c2ncnc3[nH]ccc23)CC1. The molecule has 1 saturated heterocycles. The summed E-state index contributed by atoms with van der Waals surface area (Å²) in [6.45, 7) is 6.11. The van der Waals surface area contributed by atoms with Gasteiger partial charge in [-0.1, -0.05) is 29.8 Å². The van der Waals surface area contributed by atoms with Crippen molar-refractivity contribution in [3.8, 4) is 0 Å². The molecular formula is C18H20ClN5. The number of benzene rings is 1. The number of piperazine rings is 1. The van der Waals surface area contributed by atoms with Gasteiger partial charge in [0.2, 0.25) is 0 Å². The summed E-state index contributed by atoms with van der Waals surface area (Å²) < 4.78 is 0. The molecule has 124 valence electrons. The van der Waals surface area contributed by atoms with Gasteiger partial charge in [-0.25, -0.2) is 9.97 Å². The van der Waals surface area contributed by atoms with Gasteiger partial charge in [-0.15, -0.1) is 0 Å². The Kier molecular flexibility index (Phi) is 4.12. The summed E-state index contributed by atoms with van der Waals surface area (Å²) >= 11 is 6.36. The van der Waals surface area contributed by atoms with Gasteiger partial charge in [-0.3, -0.25) is 4.90 Å². The molecule has 0 saturated carbocycles. The summed E-state index contributed by atoms with van der Waals surface area (Å²) in [4.78, 5) is 16.7. The number of aromatic nitrogens is 3. The van der Waals surface area contributed by atoms with Crippen molar-refractivity contribution >= 4 is 28.5 Å². The maximum atomic E-state index is 6.36. The number of nitrogens with zero attached hydrogens (tertiary/aromatic N) is 4. The molecule has 1 aliphatic rings. The van der Waals surface area contributed by atoms with E-state index >= 15 is 0 Å². The number of hydrogen-bond donors (Lipinski definition) is 1. The molecule has 1 atom stereocenters. The summed E-state index contributed by atoms with van der Waals surface area (Å²) in [7, 11) is 0. The van der Waals surface area contributed by atoms with E-state index in [0.717, 1.165) is 48.1 Å². The lowest BCUT2D eigenvalue weighted by atomic mass is 10.1. The molecule has 0 bridgehead atoms. The van der Waals surface area contributed by atoms with E-state index in [1.165, 1.54) is 5.56 Å². The van der Waals surface area contributed by atoms with Crippen molar-refractivity contribution in [1.82, 2.24) is 19.9 Å². The van der Waals surface area contributed by atoms with Crippen LogP contribution >= 0.6 is 11.6 Å². The largest absolute Gasteiger partial charge is 0.353 e. The van der Waals surface area contributed by atoms with Gasteiger partial charge in [0.05, 0.1) is 5.39 Å². The van der Waals surface area contributed by atoms with Crippen LogP contribution in [-0.2, 0) is 0 Å². The third-order valence-corrected chi connectivity index (χ3v) is 5.19. The van der Waals surface area contributed by atoms with E-state index in [2.05, 4.69) is 43.8 Å². The number of anilines is 1. The average Bonchev–Trinajstić information content (AvgIpc) is 3.10. The van der Waals surface area contributed by atoms with Crippen molar-refractivity contribution < 1.29 is 0 Å². The normalized spacial score (nSPS) is 17.3. The fourth-order valence-corrected chi connectivity index (χ4v) is 3.74. The second kappa shape index (κ2) is 6.42. The Labute approximate surface area is 146 Å². The molecular weight excluding hydrogens is 322 g/mol. The van der Waals surface area contributed by atoms with Gasteiger partial charge >= 0.3 is 0 Å². The van der Waals surface area contributed by atoms with Gasteiger partial charge in [0, 0.05) is 43.4 Å². The molecule has 3 aromatic rings. The predicted octanol–water partition coefficient (Wildman–Crippen LogP) is 3.49. The van der Waals surface area contributed by atoms with Crippen LogP contribution in [-0.4, -0.2) is 46.0 Å². The Balaban J connectivity index is 1.49. The highest BCUT2D eigenvalue weighted by atomic mass is 35.5. The van der Waals surface area contributed by atoms with Gasteiger partial charge < -0.3 is 9.88 Å². The molecule has 0 radical (unpaired) electrons.